The first-order valence-electron chi connectivity index (χ1n) is 39.8. The number of hydrogen-bond acceptors (Lipinski definition) is 15. The van der Waals surface area contributed by atoms with E-state index in [1.807, 2.05) is 0 Å². The van der Waals surface area contributed by atoms with Crippen LogP contribution in [-0.2, 0) is 65.4 Å². The molecule has 0 heterocycles. The fraction of sp³-hybridized carbons (Fsp3) is 0.948. The SMILES string of the molecule is CCCCCCCCCCC(=O)OC[C@H](COP(=O)(O)OC[C@H](O)COP(=O)(O)OC[C@@H](COC(=O)CCCCCCCCCCCCCCCCCC(C)C)OC(=O)CCCCCCCCCCCCCCCCCCC(C)C)OC(=O)CCCCCCCCCCC(C)C. The van der Waals surface area contributed by atoms with Gasteiger partial charge in [0.25, 0.3) is 0 Å². The first-order chi connectivity index (χ1) is 46.2. The van der Waals surface area contributed by atoms with Crippen LogP contribution in [-0.4, -0.2) is 96.7 Å². The first kappa shape index (κ1) is 94.1. The summed E-state index contributed by atoms with van der Waals surface area (Å²) in [5.41, 5.74) is 0. The molecule has 0 aromatic rings. The molecule has 5 atom stereocenters. The van der Waals surface area contributed by atoms with Crippen molar-refractivity contribution in [3.8, 4) is 0 Å². The molecule has 570 valence electrons. The van der Waals surface area contributed by atoms with Gasteiger partial charge in [0.2, 0.25) is 0 Å². The number of esters is 4. The quantitative estimate of drug-likeness (QED) is 0.0222. The summed E-state index contributed by atoms with van der Waals surface area (Å²) in [6.45, 7) is 11.9. The van der Waals surface area contributed by atoms with E-state index in [0.29, 0.717) is 25.7 Å². The second-order valence-electron chi connectivity index (χ2n) is 29.2. The predicted molar refractivity (Wildman–Crippen MR) is 391 cm³/mol. The van der Waals surface area contributed by atoms with E-state index in [1.165, 1.54) is 199 Å². The lowest BCUT2D eigenvalue weighted by Gasteiger charge is -2.21. The number of phosphoric ester groups is 2. The Labute approximate surface area is 588 Å². The number of rotatable bonds is 75. The normalized spacial score (nSPS) is 14.1. The average Bonchev–Trinajstić information content (AvgIpc) is 1.24. The van der Waals surface area contributed by atoms with Gasteiger partial charge in [0.05, 0.1) is 26.4 Å². The van der Waals surface area contributed by atoms with Gasteiger partial charge in [-0.1, -0.05) is 344 Å². The molecule has 0 rings (SSSR count). The van der Waals surface area contributed by atoms with Crippen LogP contribution in [0.1, 0.15) is 395 Å². The molecule has 0 amide bonds. The number of unbranched alkanes of at least 4 members (excludes halogenated alkanes) is 43. The minimum atomic E-state index is -4.96. The summed E-state index contributed by atoms with van der Waals surface area (Å²) in [6, 6.07) is 0. The lowest BCUT2D eigenvalue weighted by Crippen LogP contribution is -2.30. The summed E-state index contributed by atoms with van der Waals surface area (Å²) >= 11 is 0. The van der Waals surface area contributed by atoms with E-state index in [9.17, 15) is 43.2 Å². The average molecular weight is 1410 g/mol. The Kier molecular flexibility index (Phi) is 66.2. The predicted octanol–water partition coefficient (Wildman–Crippen LogP) is 22.6. The van der Waals surface area contributed by atoms with E-state index in [0.717, 1.165) is 114 Å². The first-order valence-corrected chi connectivity index (χ1v) is 42.8. The molecule has 0 aliphatic carbocycles. The Morgan fingerprint density at radius 1 is 0.281 bits per heavy atom. The summed E-state index contributed by atoms with van der Waals surface area (Å²) in [5, 5.41) is 10.6. The molecule has 0 aromatic heterocycles. The molecule has 3 N–H and O–H groups in total. The number of phosphoric acid groups is 2. The minimum absolute atomic E-state index is 0.104. The molecule has 0 spiro atoms. The Balaban J connectivity index is 5.19. The van der Waals surface area contributed by atoms with Crippen LogP contribution < -0.4 is 0 Å². The molecule has 0 saturated carbocycles. The van der Waals surface area contributed by atoms with Gasteiger partial charge in [0.1, 0.15) is 19.3 Å². The largest absolute Gasteiger partial charge is 0.472 e. The van der Waals surface area contributed by atoms with E-state index < -0.39 is 97.5 Å². The number of aliphatic hydroxyl groups is 1. The molecule has 0 aromatic carbocycles. The molecule has 0 aliphatic heterocycles. The maximum atomic E-state index is 13.1. The van der Waals surface area contributed by atoms with Crippen LogP contribution in [0.2, 0.25) is 0 Å². The maximum Gasteiger partial charge on any atom is 0.472 e. The van der Waals surface area contributed by atoms with Crippen LogP contribution in [0.25, 0.3) is 0 Å². The molecule has 0 aliphatic rings. The standard InChI is InChI=1S/C77H150O17P2/c1-8-9-10-11-12-37-44-51-58-74(79)87-64-72(94-77(82)61-54-47-40-33-32-36-43-50-57-70(6)7)66-91-95(83,84)89-62-71(78)63-90-96(85,86)92-67-73(65-88-75(80)59-52-45-38-30-26-22-19-15-17-21-25-29-35-42-49-56-69(4)5)93-76(81)60-53-46-39-31-27-23-18-14-13-16-20-24-28-34-41-48-55-68(2)3/h68-73,78H,8-67H2,1-7H3,(H,83,84)(H,85,86)/t71-,72+,73+/m0/s1. The number of ether oxygens (including phenoxy) is 4. The fourth-order valence-corrected chi connectivity index (χ4v) is 13.4. The van der Waals surface area contributed by atoms with Crippen LogP contribution in [0.3, 0.4) is 0 Å². The zero-order valence-corrected chi connectivity index (χ0v) is 64.6. The maximum absolute atomic E-state index is 13.1. The van der Waals surface area contributed by atoms with Crippen molar-refractivity contribution >= 4 is 39.5 Å². The highest BCUT2D eigenvalue weighted by molar-refractivity contribution is 7.47. The van der Waals surface area contributed by atoms with Gasteiger partial charge in [-0.2, -0.15) is 0 Å². The zero-order chi connectivity index (χ0) is 70.9. The second kappa shape index (κ2) is 67.5. The lowest BCUT2D eigenvalue weighted by atomic mass is 10.0. The highest BCUT2D eigenvalue weighted by atomic mass is 31.2. The fourth-order valence-electron chi connectivity index (χ4n) is 11.8. The van der Waals surface area contributed by atoms with Gasteiger partial charge in [0, 0.05) is 25.7 Å². The Hall–Kier alpha value is -1.94. The summed E-state index contributed by atoms with van der Waals surface area (Å²) in [7, 11) is -9.91. The zero-order valence-electron chi connectivity index (χ0n) is 62.8. The molecule has 0 radical (unpaired) electrons. The summed E-state index contributed by atoms with van der Waals surface area (Å²) in [4.78, 5) is 72.7. The van der Waals surface area contributed by atoms with Crippen LogP contribution in [0.5, 0.6) is 0 Å². The molecule has 19 heteroatoms. The summed E-state index contributed by atoms with van der Waals surface area (Å²) < 4.78 is 68.5. The van der Waals surface area contributed by atoms with Crippen molar-refractivity contribution in [2.45, 2.75) is 414 Å². The van der Waals surface area contributed by atoms with Crippen molar-refractivity contribution in [2.75, 3.05) is 39.6 Å². The second-order valence-corrected chi connectivity index (χ2v) is 32.1. The van der Waals surface area contributed by atoms with Gasteiger partial charge in [-0.15, -0.1) is 0 Å². The molecule has 0 bridgehead atoms. The monoisotopic (exact) mass is 1410 g/mol. The van der Waals surface area contributed by atoms with Gasteiger partial charge in [-0.05, 0) is 43.4 Å². The van der Waals surface area contributed by atoms with Crippen molar-refractivity contribution in [2.24, 2.45) is 17.8 Å². The molecule has 0 fully saturated rings. The van der Waals surface area contributed by atoms with Crippen molar-refractivity contribution in [3.05, 3.63) is 0 Å². The van der Waals surface area contributed by atoms with Gasteiger partial charge >= 0.3 is 39.5 Å². The summed E-state index contributed by atoms with van der Waals surface area (Å²) in [6.07, 6.45) is 54.3. The van der Waals surface area contributed by atoms with Gasteiger partial charge in [-0.25, -0.2) is 9.13 Å². The Bertz CT molecular complexity index is 1870. The third-order valence-corrected chi connectivity index (χ3v) is 19.8. The van der Waals surface area contributed by atoms with Crippen molar-refractivity contribution in [1.82, 2.24) is 0 Å². The van der Waals surface area contributed by atoms with Crippen molar-refractivity contribution < 1.29 is 80.2 Å². The molecule has 96 heavy (non-hydrogen) atoms. The van der Waals surface area contributed by atoms with Crippen LogP contribution in [0, 0.1) is 17.8 Å². The molecule has 0 saturated heterocycles. The van der Waals surface area contributed by atoms with Crippen LogP contribution in [0.4, 0.5) is 0 Å². The minimum Gasteiger partial charge on any atom is -0.462 e. The third kappa shape index (κ3) is 70.5. The van der Waals surface area contributed by atoms with E-state index >= 15 is 0 Å². The van der Waals surface area contributed by atoms with E-state index in [1.54, 1.807) is 0 Å². The number of aliphatic hydroxyl groups excluding tert-OH is 1. The molecular weight excluding hydrogens is 1260 g/mol. The lowest BCUT2D eigenvalue weighted by molar-refractivity contribution is -0.161. The van der Waals surface area contributed by atoms with E-state index in [4.69, 9.17) is 37.0 Å². The topological polar surface area (TPSA) is 237 Å². The smallest absolute Gasteiger partial charge is 0.462 e. The molecule has 17 nitrogen and oxygen atoms in total. The highest BCUT2D eigenvalue weighted by Crippen LogP contribution is 2.45. The van der Waals surface area contributed by atoms with Gasteiger partial charge in [-0.3, -0.25) is 37.3 Å². The van der Waals surface area contributed by atoms with E-state index in [2.05, 4.69) is 48.5 Å². The highest BCUT2D eigenvalue weighted by Gasteiger charge is 2.30. The number of carbonyl (C=O) groups excluding carboxylic acids is 4. The van der Waals surface area contributed by atoms with Gasteiger partial charge < -0.3 is 33.8 Å². The van der Waals surface area contributed by atoms with Crippen LogP contribution in [0.15, 0.2) is 0 Å². The number of carbonyl (C=O) groups is 4. The molecule has 2 unspecified atom stereocenters. The van der Waals surface area contributed by atoms with E-state index in [-0.39, 0.29) is 25.7 Å². The Morgan fingerprint density at radius 3 is 0.708 bits per heavy atom. The van der Waals surface area contributed by atoms with Crippen molar-refractivity contribution in [1.29, 1.82) is 0 Å². The number of hydrogen-bond donors (Lipinski definition) is 3. The summed E-state index contributed by atoms with van der Waals surface area (Å²) in [5.74, 6) is 0.213. The van der Waals surface area contributed by atoms with Gasteiger partial charge in [0.15, 0.2) is 12.2 Å². The molecular formula is C77H150O17P2. The Morgan fingerprint density at radius 2 is 0.479 bits per heavy atom. The third-order valence-electron chi connectivity index (χ3n) is 17.9. The van der Waals surface area contributed by atoms with Crippen molar-refractivity contribution in [3.63, 3.8) is 0 Å². The van der Waals surface area contributed by atoms with Crippen LogP contribution >= 0.6 is 15.6 Å².